The molecule has 7 heteroatoms. The van der Waals surface area contributed by atoms with Crippen LogP contribution in [0.5, 0.6) is 0 Å². The SMILES string of the molecule is CC(C)(C)c1nnc(CNC(=O)C2C3CCC(C3)C2N)s1.Cl. The van der Waals surface area contributed by atoms with Crippen molar-refractivity contribution in [3.05, 3.63) is 10.0 Å². The summed E-state index contributed by atoms with van der Waals surface area (Å²) in [5.74, 6) is 1.14. The molecular weight excluding hydrogens is 320 g/mol. The smallest absolute Gasteiger partial charge is 0.225 e. The second-order valence-corrected chi connectivity index (χ2v) is 8.47. The summed E-state index contributed by atoms with van der Waals surface area (Å²) in [7, 11) is 0. The average Bonchev–Trinajstić information content (AvgIpc) is 3.10. The molecule has 124 valence electrons. The maximum absolute atomic E-state index is 12.4. The number of hydrogen-bond acceptors (Lipinski definition) is 5. The molecule has 2 aliphatic carbocycles. The molecule has 2 bridgehead atoms. The Morgan fingerprint density at radius 3 is 2.55 bits per heavy atom. The zero-order chi connectivity index (χ0) is 15.2. The van der Waals surface area contributed by atoms with Crippen molar-refractivity contribution in [1.82, 2.24) is 15.5 Å². The van der Waals surface area contributed by atoms with E-state index in [0.717, 1.165) is 22.9 Å². The van der Waals surface area contributed by atoms with Gasteiger partial charge in [0.25, 0.3) is 0 Å². The van der Waals surface area contributed by atoms with Gasteiger partial charge in [0, 0.05) is 11.5 Å². The third-order valence-corrected chi connectivity index (χ3v) is 6.15. The second-order valence-electron chi connectivity index (χ2n) is 7.41. The fourth-order valence-corrected chi connectivity index (χ4v) is 4.47. The highest BCUT2D eigenvalue weighted by Gasteiger charge is 2.48. The Morgan fingerprint density at radius 2 is 2.00 bits per heavy atom. The molecule has 1 amide bonds. The quantitative estimate of drug-likeness (QED) is 0.881. The fraction of sp³-hybridized carbons (Fsp3) is 0.800. The van der Waals surface area contributed by atoms with Gasteiger partial charge in [-0.2, -0.15) is 0 Å². The number of hydrogen-bond donors (Lipinski definition) is 2. The average molecular weight is 345 g/mol. The van der Waals surface area contributed by atoms with Crippen LogP contribution in [0.1, 0.15) is 50.0 Å². The van der Waals surface area contributed by atoms with Gasteiger partial charge in [0.2, 0.25) is 5.91 Å². The van der Waals surface area contributed by atoms with Gasteiger partial charge in [0.15, 0.2) is 0 Å². The highest BCUT2D eigenvalue weighted by Crippen LogP contribution is 2.47. The Kier molecular flexibility index (Phi) is 5.14. The maximum Gasteiger partial charge on any atom is 0.225 e. The van der Waals surface area contributed by atoms with Crippen molar-refractivity contribution in [3.8, 4) is 0 Å². The molecule has 1 heterocycles. The van der Waals surface area contributed by atoms with Gasteiger partial charge < -0.3 is 11.1 Å². The van der Waals surface area contributed by atoms with E-state index in [1.54, 1.807) is 11.3 Å². The van der Waals surface area contributed by atoms with E-state index in [9.17, 15) is 4.79 Å². The van der Waals surface area contributed by atoms with E-state index in [0.29, 0.717) is 18.4 Å². The minimum Gasteiger partial charge on any atom is -0.349 e. The molecule has 2 fully saturated rings. The van der Waals surface area contributed by atoms with Gasteiger partial charge in [0.05, 0.1) is 12.5 Å². The van der Waals surface area contributed by atoms with Crippen LogP contribution in [0.25, 0.3) is 0 Å². The van der Waals surface area contributed by atoms with Crippen LogP contribution in [-0.4, -0.2) is 22.1 Å². The lowest BCUT2D eigenvalue weighted by Gasteiger charge is -2.26. The van der Waals surface area contributed by atoms with Crippen molar-refractivity contribution < 1.29 is 4.79 Å². The van der Waals surface area contributed by atoms with Crippen LogP contribution in [-0.2, 0) is 16.8 Å². The Morgan fingerprint density at radius 1 is 1.32 bits per heavy atom. The lowest BCUT2D eigenvalue weighted by atomic mass is 9.84. The minimum absolute atomic E-state index is 0. The molecular formula is C15H25ClN4OS. The van der Waals surface area contributed by atoms with Crippen LogP contribution in [0.15, 0.2) is 0 Å². The van der Waals surface area contributed by atoms with E-state index >= 15 is 0 Å². The molecule has 4 atom stereocenters. The lowest BCUT2D eigenvalue weighted by molar-refractivity contribution is -0.127. The number of aromatic nitrogens is 2. The molecule has 2 saturated carbocycles. The molecule has 0 saturated heterocycles. The van der Waals surface area contributed by atoms with Gasteiger partial charge in [-0.3, -0.25) is 4.79 Å². The summed E-state index contributed by atoms with van der Waals surface area (Å²) in [6.07, 6.45) is 3.48. The highest BCUT2D eigenvalue weighted by molar-refractivity contribution is 7.11. The van der Waals surface area contributed by atoms with Crippen LogP contribution in [0.4, 0.5) is 0 Å². The highest BCUT2D eigenvalue weighted by atomic mass is 35.5. The monoisotopic (exact) mass is 344 g/mol. The van der Waals surface area contributed by atoms with Crippen molar-refractivity contribution in [2.45, 2.75) is 58.0 Å². The maximum atomic E-state index is 12.4. The molecule has 0 aliphatic heterocycles. The number of nitrogens with zero attached hydrogens (tertiary/aromatic N) is 2. The number of amides is 1. The zero-order valence-electron chi connectivity index (χ0n) is 13.3. The van der Waals surface area contributed by atoms with Crippen LogP contribution in [0.3, 0.4) is 0 Å². The summed E-state index contributed by atoms with van der Waals surface area (Å²) in [6.45, 7) is 6.81. The molecule has 3 N–H and O–H groups in total. The summed E-state index contributed by atoms with van der Waals surface area (Å²) < 4.78 is 0. The first kappa shape index (κ1) is 17.6. The number of nitrogens with one attached hydrogen (secondary N) is 1. The minimum atomic E-state index is -0.00115. The fourth-order valence-electron chi connectivity index (χ4n) is 3.63. The first-order chi connectivity index (χ1) is 9.86. The van der Waals surface area contributed by atoms with Crippen molar-refractivity contribution >= 4 is 29.7 Å². The van der Waals surface area contributed by atoms with Gasteiger partial charge in [-0.1, -0.05) is 32.1 Å². The first-order valence-corrected chi connectivity index (χ1v) is 8.54. The van der Waals surface area contributed by atoms with E-state index in [2.05, 4.69) is 36.3 Å². The van der Waals surface area contributed by atoms with Crippen LogP contribution < -0.4 is 11.1 Å². The Bertz CT molecular complexity index is 540. The summed E-state index contributed by atoms with van der Waals surface area (Å²) in [5.41, 5.74) is 6.22. The number of fused-ring (bicyclic) bond motifs is 2. The van der Waals surface area contributed by atoms with Gasteiger partial charge in [-0.15, -0.1) is 22.6 Å². The summed E-state index contributed by atoms with van der Waals surface area (Å²) in [5, 5.41) is 13.3. The van der Waals surface area contributed by atoms with Crippen molar-refractivity contribution in [2.75, 3.05) is 0 Å². The molecule has 1 aromatic heterocycles. The third kappa shape index (κ3) is 3.29. The summed E-state index contributed by atoms with van der Waals surface area (Å²) in [4.78, 5) is 12.4. The molecule has 3 rings (SSSR count). The standard InChI is InChI=1S/C15H24N4OS.ClH/c1-15(2,3)14-19-18-10(21-14)7-17-13(20)11-8-4-5-9(6-8)12(11)16;/h8-9,11-12H,4-7,16H2,1-3H3,(H,17,20);1H. The van der Waals surface area contributed by atoms with Crippen LogP contribution in [0.2, 0.25) is 0 Å². The number of carbonyl (C=O) groups is 1. The van der Waals surface area contributed by atoms with Gasteiger partial charge in [-0.25, -0.2) is 0 Å². The Labute approximate surface area is 141 Å². The number of halogens is 1. The molecule has 5 nitrogen and oxygen atoms in total. The van der Waals surface area contributed by atoms with E-state index in [4.69, 9.17) is 5.73 Å². The number of rotatable bonds is 3. The number of nitrogens with two attached hydrogens (primary N) is 1. The first-order valence-electron chi connectivity index (χ1n) is 7.72. The third-order valence-electron chi connectivity index (χ3n) is 4.81. The molecule has 0 radical (unpaired) electrons. The zero-order valence-corrected chi connectivity index (χ0v) is 15.0. The van der Waals surface area contributed by atoms with Gasteiger partial charge in [-0.05, 0) is 31.1 Å². The molecule has 1 aromatic rings. The predicted molar refractivity (Wildman–Crippen MR) is 90.0 cm³/mol. The van der Waals surface area contributed by atoms with Crippen molar-refractivity contribution in [3.63, 3.8) is 0 Å². The molecule has 0 aromatic carbocycles. The van der Waals surface area contributed by atoms with Gasteiger partial charge >= 0.3 is 0 Å². The van der Waals surface area contributed by atoms with Crippen LogP contribution in [0, 0.1) is 17.8 Å². The van der Waals surface area contributed by atoms with E-state index in [1.165, 1.54) is 6.42 Å². The Balaban J connectivity index is 0.00000176. The predicted octanol–water partition coefficient (Wildman–Crippen LogP) is 2.25. The summed E-state index contributed by atoms with van der Waals surface area (Å²) >= 11 is 1.57. The van der Waals surface area contributed by atoms with Crippen LogP contribution >= 0.6 is 23.7 Å². The van der Waals surface area contributed by atoms with E-state index in [-0.39, 0.29) is 35.7 Å². The molecule has 4 unspecified atom stereocenters. The topological polar surface area (TPSA) is 80.9 Å². The number of carbonyl (C=O) groups excluding carboxylic acids is 1. The Hall–Kier alpha value is -0.720. The van der Waals surface area contributed by atoms with E-state index < -0.39 is 0 Å². The molecule has 2 aliphatic rings. The lowest BCUT2D eigenvalue weighted by Crippen LogP contribution is -2.45. The largest absolute Gasteiger partial charge is 0.349 e. The van der Waals surface area contributed by atoms with Crippen molar-refractivity contribution in [2.24, 2.45) is 23.5 Å². The normalized spacial score (nSPS) is 30.2. The molecule has 22 heavy (non-hydrogen) atoms. The molecule has 0 spiro atoms. The summed E-state index contributed by atoms with van der Waals surface area (Å²) in [6, 6.07) is 0.0447. The van der Waals surface area contributed by atoms with E-state index in [1.807, 2.05) is 0 Å². The van der Waals surface area contributed by atoms with Gasteiger partial charge in [0.1, 0.15) is 10.0 Å². The second kappa shape index (κ2) is 6.42. The van der Waals surface area contributed by atoms with Crippen molar-refractivity contribution in [1.29, 1.82) is 0 Å².